The molecule has 10 heavy (non-hydrogen) atoms. The summed E-state index contributed by atoms with van der Waals surface area (Å²) in [6.45, 7) is 7.55. The summed E-state index contributed by atoms with van der Waals surface area (Å²) in [5.41, 5.74) is 3.69. The van der Waals surface area contributed by atoms with E-state index in [-0.39, 0.29) is 0 Å². The van der Waals surface area contributed by atoms with Crippen molar-refractivity contribution in [3.8, 4) is 0 Å². The van der Waals surface area contributed by atoms with Crippen LogP contribution in [0.3, 0.4) is 0 Å². The fourth-order valence-corrected chi connectivity index (χ4v) is 0.412. The number of aliphatic imine (C=N–C) groups is 1. The van der Waals surface area contributed by atoms with E-state index in [1.165, 1.54) is 0 Å². The van der Waals surface area contributed by atoms with Gasteiger partial charge in [-0.25, -0.2) is 4.99 Å². The molecule has 0 bridgehead atoms. The van der Waals surface area contributed by atoms with E-state index in [0.717, 1.165) is 5.57 Å². The van der Waals surface area contributed by atoms with Crippen molar-refractivity contribution < 1.29 is 0 Å². The molecule has 0 aromatic carbocycles. The predicted molar refractivity (Wildman–Crippen MR) is 45.1 cm³/mol. The molecule has 1 nitrogen and oxygen atoms in total. The third-order valence-corrected chi connectivity index (χ3v) is 0.813. The molecule has 0 atom stereocenters. The molecule has 1 heteroatoms. The van der Waals surface area contributed by atoms with Gasteiger partial charge in [-0.1, -0.05) is 26.5 Å². The summed E-state index contributed by atoms with van der Waals surface area (Å²) in [7, 11) is 0. The molecule has 0 radical (unpaired) electrons. The highest BCUT2D eigenvalue weighted by molar-refractivity contribution is 5.57. The van der Waals surface area contributed by atoms with Gasteiger partial charge in [0.15, 0.2) is 0 Å². The van der Waals surface area contributed by atoms with Crippen LogP contribution >= 0.6 is 0 Å². The summed E-state index contributed by atoms with van der Waals surface area (Å²) in [4.78, 5) is 3.66. The fraction of sp³-hybridized carbons (Fsp3) is 0.222. The predicted octanol–water partition coefficient (Wildman–Crippen LogP) is 2.48. The average molecular weight is 133 g/mol. The van der Waals surface area contributed by atoms with Crippen molar-refractivity contribution in [2.24, 2.45) is 4.99 Å². The largest absolute Gasteiger partial charge is 0.206 e. The van der Waals surface area contributed by atoms with E-state index < -0.39 is 0 Å². The SMILES string of the molecule is C=CC1=C=C=NC=C1.CC. The molecule has 1 rings (SSSR count). The lowest BCUT2D eigenvalue weighted by Gasteiger charge is -1.83. The highest BCUT2D eigenvalue weighted by atomic mass is 14.6. The first-order valence-corrected chi connectivity index (χ1v) is 3.30. The maximum atomic E-state index is 3.66. The van der Waals surface area contributed by atoms with Crippen LogP contribution in [0.1, 0.15) is 13.8 Å². The summed E-state index contributed by atoms with van der Waals surface area (Å²) < 4.78 is 0. The van der Waals surface area contributed by atoms with E-state index in [1.807, 2.05) is 19.9 Å². The first kappa shape index (κ1) is 8.71. The Morgan fingerprint density at radius 3 is 2.60 bits per heavy atom. The molecule has 0 saturated heterocycles. The van der Waals surface area contributed by atoms with E-state index >= 15 is 0 Å². The standard InChI is InChI=1S/C7H5N.C2H6/c1-2-7-3-5-8-6-4-7;1-2/h2-3,5H,1H2;1-2H3. The van der Waals surface area contributed by atoms with Gasteiger partial charge in [-0.15, -0.1) is 0 Å². The minimum atomic E-state index is 0.931. The third-order valence-electron chi connectivity index (χ3n) is 0.813. The van der Waals surface area contributed by atoms with Crippen molar-refractivity contribution in [1.29, 1.82) is 0 Å². The number of nitrogens with zero attached hydrogens (tertiary/aromatic N) is 1. The summed E-state index contributed by atoms with van der Waals surface area (Å²) in [6.07, 6.45) is 5.19. The highest BCUT2D eigenvalue weighted by Gasteiger charge is 1.80. The lowest BCUT2D eigenvalue weighted by atomic mass is 10.3. The third kappa shape index (κ3) is 2.88. The lowest BCUT2D eigenvalue weighted by Crippen LogP contribution is -1.68. The van der Waals surface area contributed by atoms with Gasteiger partial charge in [0, 0.05) is 17.6 Å². The molecule has 0 N–H and O–H groups in total. The number of hydrogen-bond acceptors (Lipinski definition) is 1. The normalized spacial score (nSPS) is 11.6. The number of rotatable bonds is 1. The van der Waals surface area contributed by atoms with Crippen molar-refractivity contribution in [2.75, 3.05) is 0 Å². The Morgan fingerprint density at radius 1 is 1.60 bits per heavy atom. The first-order chi connectivity index (χ1) is 4.93. The molecule has 52 valence electrons. The minimum Gasteiger partial charge on any atom is -0.206 e. The van der Waals surface area contributed by atoms with E-state index in [9.17, 15) is 0 Å². The van der Waals surface area contributed by atoms with Crippen LogP contribution in [0.15, 0.2) is 41.2 Å². The second-order valence-electron chi connectivity index (χ2n) is 1.34. The van der Waals surface area contributed by atoms with Gasteiger partial charge in [-0.3, -0.25) is 0 Å². The van der Waals surface area contributed by atoms with Crippen molar-refractivity contribution in [2.45, 2.75) is 13.8 Å². The van der Waals surface area contributed by atoms with Gasteiger partial charge in [0.05, 0.1) is 0 Å². The van der Waals surface area contributed by atoms with Crippen molar-refractivity contribution in [3.63, 3.8) is 0 Å². The molecule has 0 spiro atoms. The molecule has 1 aliphatic rings. The smallest absolute Gasteiger partial charge is 0.0391 e. The average Bonchev–Trinajstić information content (AvgIpc) is 2.10. The molecule has 0 aliphatic carbocycles. The zero-order chi connectivity index (χ0) is 7.82. The lowest BCUT2D eigenvalue weighted by molar-refractivity contribution is 1.50. The van der Waals surface area contributed by atoms with Crippen molar-refractivity contribution in [3.05, 3.63) is 36.2 Å². The van der Waals surface area contributed by atoms with E-state index in [1.54, 1.807) is 12.3 Å². The van der Waals surface area contributed by atoms with Gasteiger partial charge in [-0.2, -0.15) is 0 Å². The molecule has 0 fully saturated rings. The maximum absolute atomic E-state index is 3.66. The molecular weight excluding hydrogens is 122 g/mol. The molecule has 1 aliphatic heterocycles. The van der Waals surface area contributed by atoms with Crippen LogP contribution in [0.4, 0.5) is 0 Å². The van der Waals surface area contributed by atoms with Crippen LogP contribution < -0.4 is 0 Å². The Bertz CT molecular complexity index is 221. The molecule has 0 unspecified atom stereocenters. The fourth-order valence-electron chi connectivity index (χ4n) is 0.412. The molecular formula is C9H11N. The van der Waals surface area contributed by atoms with Crippen molar-refractivity contribution in [1.82, 2.24) is 0 Å². The summed E-state index contributed by atoms with van der Waals surface area (Å²) in [6, 6.07) is 0. The summed E-state index contributed by atoms with van der Waals surface area (Å²) >= 11 is 0. The topological polar surface area (TPSA) is 12.4 Å². The van der Waals surface area contributed by atoms with Crippen molar-refractivity contribution >= 4 is 5.87 Å². The van der Waals surface area contributed by atoms with Crippen LogP contribution in [-0.4, -0.2) is 5.87 Å². The maximum Gasteiger partial charge on any atom is 0.0391 e. The molecule has 0 amide bonds. The number of allylic oxidation sites excluding steroid dienone is 3. The van der Waals surface area contributed by atoms with E-state index in [2.05, 4.69) is 23.2 Å². The van der Waals surface area contributed by atoms with E-state index in [4.69, 9.17) is 0 Å². The molecule has 0 aromatic rings. The second-order valence-corrected chi connectivity index (χ2v) is 1.34. The van der Waals surface area contributed by atoms with Gasteiger partial charge < -0.3 is 0 Å². The Morgan fingerprint density at radius 2 is 2.30 bits per heavy atom. The minimum absolute atomic E-state index is 0.931. The highest BCUT2D eigenvalue weighted by Crippen LogP contribution is 1.95. The van der Waals surface area contributed by atoms with Crippen LogP contribution in [0.2, 0.25) is 0 Å². The Labute approximate surface area is 61.8 Å². The zero-order valence-electron chi connectivity index (χ0n) is 6.39. The Hall–Kier alpha value is -1.29. The summed E-state index contributed by atoms with van der Waals surface area (Å²) in [5.74, 6) is 2.57. The first-order valence-electron chi connectivity index (χ1n) is 3.30. The van der Waals surface area contributed by atoms with Crippen LogP contribution in [0.5, 0.6) is 0 Å². The molecule has 0 saturated carbocycles. The molecule has 0 aromatic heterocycles. The quantitative estimate of drug-likeness (QED) is 0.487. The zero-order valence-corrected chi connectivity index (χ0v) is 6.39. The Balaban J connectivity index is 0.000000371. The van der Waals surface area contributed by atoms with Gasteiger partial charge in [0.25, 0.3) is 0 Å². The van der Waals surface area contributed by atoms with Gasteiger partial charge in [0.1, 0.15) is 0 Å². The number of hydrogen-bond donors (Lipinski definition) is 0. The molecule has 1 heterocycles. The van der Waals surface area contributed by atoms with Crippen LogP contribution in [0.25, 0.3) is 0 Å². The Kier molecular flexibility index (Phi) is 5.09. The monoisotopic (exact) mass is 133 g/mol. The van der Waals surface area contributed by atoms with E-state index in [0.29, 0.717) is 0 Å². The second kappa shape index (κ2) is 5.84. The van der Waals surface area contributed by atoms with Crippen LogP contribution in [0, 0.1) is 0 Å². The van der Waals surface area contributed by atoms with Gasteiger partial charge in [0.2, 0.25) is 0 Å². The van der Waals surface area contributed by atoms with Gasteiger partial charge >= 0.3 is 0 Å². The van der Waals surface area contributed by atoms with Gasteiger partial charge in [-0.05, 0) is 11.8 Å². The van der Waals surface area contributed by atoms with Crippen LogP contribution in [-0.2, 0) is 0 Å². The summed E-state index contributed by atoms with van der Waals surface area (Å²) in [5, 5.41) is 0.